The lowest BCUT2D eigenvalue weighted by Gasteiger charge is -2.43. The average Bonchev–Trinajstić information content (AvgIpc) is 2.46. The normalized spacial score (nSPS) is 36.2. The van der Waals surface area contributed by atoms with Crippen LogP contribution in [0.5, 0.6) is 0 Å². The van der Waals surface area contributed by atoms with Crippen molar-refractivity contribution < 1.29 is 9.90 Å². The average molecular weight is 319 g/mol. The highest BCUT2D eigenvalue weighted by Gasteiger charge is 2.43. The largest absolute Gasteiger partial charge is 0.367 e. The fourth-order valence-corrected chi connectivity index (χ4v) is 4.23. The molecule has 2 rings (SSSR count). The predicted octanol–water partition coefficient (Wildman–Crippen LogP) is 4.04. The van der Waals surface area contributed by atoms with Crippen molar-refractivity contribution in [3.63, 3.8) is 0 Å². The molecule has 3 heteroatoms. The van der Waals surface area contributed by atoms with E-state index in [2.05, 4.69) is 33.0 Å². The Morgan fingerprint density at radius 1 is 1.35 bits per heavy atom. The summed E-state index contributed by atoms with van der Waals surface area (Å²) in [6.45, 7) is 10.9. The molecule has 0 saturated heterocycles. The van der Waals surface area contributed by atoms with Crippen LogP contribution in [0.3, 0.4) is 0 Å². The Morgan fingerprint density at radius 2 is 2.04 bits per heavy atom. The molecule has 0 aliphatic heterocycles. The second-order valence-electron chi connectivity index (χ2n) is 8.49. The molecule has 2 aliphatic carbocycles. The first-order chi connectivity index (χ1) is 10.7. The van der Waals surface area contributed by atoms with E-state index < -0.39 is 5.72 Å². The van der Waals surface area contributed by atoms with Gasteiger partial charge >= 0.3 is 0 Å². The maximum absolute atomic E-state index is 13.0. The zero-order valence-corrected chi connectivity index (χ0v) is 15.3. The van der Waals surface area contributed by atoms with Crippen molar-refractivity contribution >= 4 is 5.91 Å². The summed E-state index contributed by atoms with van der Waals surface area (Å²) in [6, 6.07) is 0. The fourth-order valence-electron chi connectivity index (χ4n) is 4.23. The van der Waals surface area contributed by atoms with Crippen LogP contribution in [-0.4, -0.2) is 16.7 Å². The number of amides is 1. The van der Waals surface area contributed by atoms with E-state index in [1.54, 1.807) is 6.08 Å². The highest BCUT2D eigenvalue weighted by Crippen LogP contribution is 2.45. The molecule has 0 spiro atoms. The van der Waals surface area contributed by atoms with Gasteiger partial charge in [-0.05, 0) is 49.0 Å². The van der Waals surface area contributed by atoms with E-state index in [-0.39, 0.29) is 23.2 Å². The second-order valence-corrected chi connectivity index (χ2v) is 8.49. The summed E-state index contributed by atoms with van der Waals surface area (Å²) in [6.07, 6.45) is 11.4. The van der Waals surface area contributed by atoms with Crippen LogP contribution in [0.1, 0.15) is 60.3 Å². The second kappa shape index (κ2) is 6.80. The molecule has 2 aliphatic rings. The van der Waals surface area contributed by atoms with Crippen molar-refractivity contribution in [2.75, 3.05) is 0 Å². The van der Waals surface area contributed by atoms with Gasteiger partial charge in [-0.25, -0.2) is 0 Å². The monoisotopic (exact) mass is 319 g/mol. The van der Waals surface area contributed by atoms with Crippen molar-refractivity contribution in [3.05, 3.63) is 24.3 Å². The van der Waals surface area contributed by atoms with E-state index in [0.29, 0.717) is 11.8 Å². The van der Waals surface area contributed by atoms with Gasteiger partial charge < -0.3 is 10.4 Å². The summed E-state index contributed by atoms with van der Waals surface area (Å²) < 4.78 is 0. The molecule has 130 valence electrons. The lowest BCUT2D eigenvalue weighted by molar-refractivity contribution is -0.137. The van der Waals surface area contributed by atoms with E-state index in [9.17, 15) is 9.90 Å². The zero-order valence-electron chi connectivity index (χ0n) is 15.3. The first kappa shape index (κ1) is 18.3. The molecule has 0 bridgehead atoms. The highest BCUT2D eigenvalue weighted by atomic mass is 16.3. The molecule has 1 fully saturated rings. The van der Waals surface area contributed by atoms with E-state index in [0.717, 1.165) is 19.3 Å². The lowest BCUT2D eigenvalue weighted by Crippen LogP contribution is -2.56. The summed E-state index contributed by atoms with van der Waals surface area (Å²) in [5.74, 6) is 0.817. The van der Waals surface area contributed by atoms with Gasteiger partial charge in [-0.15, -0.1) is 0 Å². The topological polar surface area (TPSA) is 49.3 Å². The van der Waals surface area contributed by atoms with E-state index in [4.69, 9.17) is 0 Å². The van der Waals surface area contributed by atoms with Crippen LogP contribution >= 0.6 is 0 Å². The lowest BCUT2D eigenvalue weighted by atomic mass is 9.64. The molecule has 4 atom stereocenters. The summed E-state index contributed by atoms with van der Waals surface area (Å²) in [5, 5.41) is 13.9. The zero-order chi connectivity index (χ0) is 17.3. The predicted molar refractivity (Wildman–Crippen MR) is 94.6 cm³/mol. The number of carbonyl (C=O) groups excluding carboxylic acids is 1. The molecular formula is C20H33NO2. The van der Waals surface area contributed by atoms with E-state index in [1.165, 1.54) is 6.42 Å². The summed E-state index contributed by atoms with van der Waals surface area (Å²) in [4.78, 5) is 13.0. The third-order valence-electron chi connectivity index (χ3n) is 5.77. The van der Waals surface area contributed by atoms with Gasteiger partial charge in [-0.2, -0.15) is 0 Å². The van der Waals surface area contributed by atoms with Crippen LogP contribution in [0.25, 0.3) is 0 Å². The quantitative estimate of drug-likeness (QED) is 0.768. The minimum Gasteiger partial charge on any atom is -0.367 e. The van der Waals surface area contributed by atoms with Crippen molar-refractivity contribution in [1.82, 2.24) is 5.32 Å². The standard InChI is InChI=1S/C20H33NO2/c1-6-15-9-7-8-11-20(15,23)21-18(22)17-13-19(4,5)12-10-16(17)14(2)3/h7-9,11,14-17,23H,6,10,12-13H2,1-5H3,(H,21,22). The maximum Gasteiger partial charge on any atom is 0.225 e. The SMILES string of the molecule is CCC1C=CC=CC1(O)NC(=O)C1CC(C)(C)CCC1C(C)C. The van der Waals surface area contributed by atoms with Gasteiger partial charge in [0.15, 0.2) is 5.72 Å². The molecule has 3 nitrogen and oxygen atoms in total. The Labute approximate surface area is 141 Å². The minimum absolute atomic E-state index is 0.0115. The number of aliphatic hydroxyl groups is 1. The summed E-state index contributed by atoms with van der Waals surface area (Å²) in [7, 11) is 0. The number of allylic oxidation sites excluding steroid dienone is 2. The number of rotatable bonds is 4. The van der Waals surface area contributed by atoms with Crippen molar-refractivity contribution in [2.45, 2.75) is 66.0 Å². The molecule has 2 N–H and O–H groups in total. The minimum atomic E-state index is -1.25. The van der Waals surface area contributed by atoms with Crippen LogP contribution in [0.4, 0.5) is 0 Å². The maximum atomic E-state index is 13.0. The smallest absolute Gasteiger partial charge is 0.225 e. The highest BCUT2D eigenvalue weighted by molar-refractivity contribution is 5.80. The Hall–Kier alpha value is -1.09. The number of carbonyl (C=O) groups is 1. The Morgan fingerprint density at radius 3 is 2.65 bits per heavy atom. The van der Waals surface area contributed by atoms with Gasteiger partial charge in [0.05, 0.1) is 0 Å². The first-order valence-electron chi connectivity index (χ1n) is 9.09. The van der Waals surface area contributed by atoms with Gasteiger partial charge in [-0.3, -0.25) is 4.79 Å². The number of hydrogen-bond donors (Lipinski definition) is 2. The van der Waals surface area contributed by atoms with Crippen LogP contribution < -0.4 is 5.32 Å². The number of nitrogens with one attached hydrogen (secondary N) is 1. The van der Waals surface area contributed by atoms with Crippen molar-refractivity contribution in [2.24, 2.45) is 29.1 Å². The molecule has 1 saturated carbocycles. The van der Waals surface area contributed by atoms with Crippen molar-refractivity contribution in [1.29, 1.82) is 0 Å². The molecule has 0 aromatic carbocycles. The first-order valence-corrected chi connectivity index (χ1v) is 9.09. The Balaban J connectivity index is 2.16. The molecule has 0 aromatic rings. The van der Waals surface area contributed by atoms with E-state index in [1.807, 2.05) is 25.2 Å². The fraction of sp³-hybridized carbons (Fsp3) is 0.750. The molecule has 1 amide bonds. The van der Waals surface area contributed by atoms with Gasteiger partial charge in [-0.1, -0.05) is 52.8 Å². The van der Waals surface area contributed by atoms with Gasteiger partial charge in [0, 0.05) is 11.8 Å². The molecule has 23 heavy (non-hydrogen) atoms. The summed E-state index contributed by atoms with van der Waals surface area (Å²) >= 11 is 0. The molecule has 4 unspecified atom stereocenters. The Bertz CT molecular complexity index is 492. The Kier molecular flexibility index (Phi) is 5.40. The molecular weight excluding hydrogens is 286 g/mol. The summed E-state index contributed by atoms with van der Waals surface area (Å²) in [5.41, 5.74) is -1.05. The molecule has 0 radical (unpaired) electrons. The van der Waals surface area contributed by atoms with Crippen LogP contribution in [-0.2, 0) is 4.79 Å². The molecule has 0 aromatic heterocycles. The van der Waals surface area contributed by atoms with Gasteiger partial charge in [0.1, 0.15) is 0 Å². The third-order valence-corrected chi connectivity index (χ3v) is 5.77. The van der Waals surface area contributed by atoms with Crippen LogP contribution in [0, 0.1) is 29.1 Å². The third kappa shape index (κ3) is 4.06. The van der Waals surface area contributed by atoms with E-state index >= 15 is 0 Å². The molecule has 0 heterocycles. The number of hydrogen-bond acceptors (Lipinski definition) is 2. The van der Waals surface area contributed by atoms with Crippen LogP contribution in [0.15, 0.2) is 24.3 Å². The van der Waals surface area contributed by atoms with Crippen LogP contribution in [0.2, 0.25) is 0 Å². The van der Waals surface area contributed by atoms with Gasteiger partial charge in [0.25, 0.3) is 0 Å². The van der Waals surface area contributed by atoms with Gasteiger partial charge in [0.2, 0.25) is 5.91 Å². The van der Waals surface area contributed by atoms with Crippen molar-refractivity contribution in [3.8, 4) is 0 Å².